The van der Waals surface area contributed by atoms with Gasteiger partial charge in [-0.1, -0.05) is 30.3 Å². The largest absolute Gasteiger partial charge is 0.489 e. The van der Waals surface area contributed by atoms with E-state index in [0.29, 0.717) is 4.90 Å². The lowest BCUT2D eigenvalue weighted by molar-refractivity contribution is 0.0826. The number of rotatable bonds is 4. The van der Waals surface area contributed by atoms with Gasteiger partial charge in [0.15, 0.2) is 0 Å². The summed E-state index contributed by atoms with van der Waals surface area (Å²) in [4.78, 5) is 26.2. The molecule has 0 amide bonds. The summed E-state index contributed by atoms with van der Waals surface area (Å²) >= 11 is 0. The van der Waals surface area contributed by atoms with Gasteiger partial charge in [0, 0.05) is 10.5 Å². The van der Waals surface area contributed by atoms with Gasteiger partial charge in [0.05, 0.1) is 35.5 Å². The highest BCUT2D eigenvalue weighted by Gasteiger charge is 2.37. The van der Waals surface area contributed by atoms with E-state index in [1.165, 1.54) is 20.3 Å². The van der Waals surface area contributed by atoms with Gasteiger partial charge in [-0.25, -0.2) is 4.21 Å². The van der Waals surface area contributed by atoms with Crippen LogP contribution in [0.15, 0.2) is 69.8 Å². The van der Waals surface area contributed by atoms with Crippen molar-refractivity contribution in [3.05, 3.63) is 71.2 Å². The lowest BCUT2D eigenvalue weighted by atomic mass is 9.92. The second-order valence-corrected chi connectivity index (χ2v) is 6.43. The number of hydrogen-bond acceptors (Lipinski definition) is 5. The van der Waals surface area contributed by atoms with Gasteiger partial charge in [0.1, 0.15) is 0 Å². The van der Waals surface area contributed by atoms with Crippen molar-refractivity contribution in [1.29, 1.82) is 0 Å². The number of carbonyl (C=O) groups is 2. The minimum absolute atomic E-state index is 0.0994. The van der Waals surface area contributed by atoms with E-state index in [1.54, 1.807) is 36.4 Å². The molecule has 2 aromatic rings. The van der Waals surface area contributed by atoms with Crippen LogP contribution < -0.4 is 0 Å². The summed E-state index contributed by atoms with van der Waals surface area (Å²) in [6.45, 7) is 0. The second kappa shape index (κ2) is 6.41. The first kappa shape index (κ1) is 16.1. The summed E-state index contributed by atoms with van der Waals surface area (Å²) in [6.07, 6.45) is 0. The number of benzene rings is 2. The van der Waals surface area contributed by atoms with E-state index in [0.717, 1.165) is 0 Å². The van der Waals surface area contributed by atoms with Gasteiger partial charge < -0.3 is 9.47 Å². The predicted octanol–water partition coefficient (Wildman–Crippen LogP) is 2.74. The summed E-state index contributed by atoms with van der Waals surface area (Å²) in [7, 11) is 1.00. The van der Waals surface area contributed by atoms with E-state index in [4.69, 9.17) is 9.47 Å². The van der Waals surface area contributed by atoms with Gasteiger partial charge in [-0.2, -0.15) is 0 Å². The van der Waals surface area contributed by atoms with Crippen LogP contribution in [0.25, 0.3) is 0 Å². The molecule has 1 aliphatic carbocycles. The van der Waals surface area contributed by atoms with Gasteiger partial charge in [0.25, 0.3) is 0 Å². The highest BCUT2D eigenvalue weighted by atomic mass is 32.2. The SMILES string of the molecule is COC1=C(OC)C(=O)c2c(cccc2S(=O)c2ccccc2)C1=O. The summed E-state index contributed by atoms with van der Waals surface area (Å²) in [5.41, 5.74) is 0.266. The summed E-state index contributed by atoms with van der Waals surface area (Å²) < 4.78 is 23.0. The van der Waals surface area contributed by atoms with Crippen LogP contribution in [0.1, 0.15) is 20.7 Å². The molecule has 1 aliphatic rings. The van der Waals surface area contributed by atoms with Crippen molar-refractivity contribution in [2.24, 2.45) is 0 Å². The van der Waals surface area contributed by atoms with Crippen LogP contribution in [-0.2, 0) is 20.3 Å². The van der Waals surface area contributed by atoms with Crippen LogP contribution in [0.3, 0.4) is 0 Å². The third-order valence-corrected chi connectivity index (χ3v) is 5.12. The van der Waals surface area contributed by atoms with Crippen molar-refractivity contribution in [2.45, 2.75) is 9.79 Å². The van der Waals surface area contributed by atoms with Gasteiger partial charge in [-0.3, -0.25) is 9.59 Å². The average Bonchev–Trinajstić information content (AvgIpc) is 2.63. The summed E-state index contributed by atoms with van der Waals surface area (Å²) in [5.74, 6) is -1.29. The van der Waals surface area contributed by atoms with Crippen LogP contribution in [0.4, 0.5) is 0 Å². The molecule has 0 fully saturated rings. The van der Waals surface area contributed by atoms with Gasteiger partial charge in [0.2, 0.25) is 23.1 Å². The molecule has 5 nitrogen and oxygen atoms in total. The summed E-state index contributed by atoms with van der Waals surface area (Å²) in [6, 6.07) is 13.5. The number of fused-ring (bicyclic) bond motifs is 1. The molecular weight excluding hydrogens is 328 g/mol. The number of hydrogen-bond donors (Lipinski definition) is 0. The van der Waals surface area contributed by atoms with E-state index < -0.39 is 22.4 Å². The molecule has 0 aromatic heterocycles. The number of ketones is 2. The monoisotopic (exact) mass is 342 g/mol. The van der Waals surface area contributed by atoms with Gasteiger partial charge >= 0.3 is 0 Å². The zero-order valence-corrected chi connectivity index (χ0v) is 13.9. The fourth-order valence-electron chi connectivity index (χ4n) is 2.59. The lowest BCUT2D eigenvalue weighted by Gasteiger charge is -2.20. The van der Waals surface area contributed by atoms with Crippen molar-refractivity contribution < 1.29 is 23.3 Å². The number of ether oxygens (including phenoxy) is 2. The number of carbonyl (C=O) groups excluding carboxylic acids is 2. The van der Waals surface area contributed by atoms with E-state index in [9.17, 15) is 13.8 Å². The van der Waals surface area contributed by atoms with Crippen molar-refractivity contribution in [2.75, 3.05) is 14.2 Å². The minimum Gasteiger partial charge on any atom is -0.489 e. The zero-order valence-electron chi connectivity index (χ0n) is 13.1. The van der Waals surface area contributed by atoms with E-state index >= 15 is 0 Å². The molecule has 3 rings (SSSR count). The molecule has 122 valence electrons. The molecule has 0 N–H and O–H groups in total. The fraction of sp³-hybridized carbons (Fsp3) is 0.111. The number of methoxy groups -OCH3 is 2. The Kier molecular flexibility index (Phi) is 4.31. The molecule has 24 heavy (non-hydrogen) atoms. The Morgan fingerprint density at radius 3 is 2.04 bits per heavy atom. The van der Waals surface area contributed by atoms with Crippen molar-refractivity contribution in [3.8, 4) is 0 Å². The molecule has 0 spiro atoms. The van der Waals surface area contributed by atoms with Crippen LogP contribution >= 0.6 is 0 Å². The molecule has 6 heteroatoms. The predicted molar refractivity (Wildman–Crippen MR) is 87.3 cm³/mol. The third kappa shape index (κ3) is 2.45. The Bertz CT molecular complexity index is 884. The summed E-state index contributed by atoms with van der Waals surface area (Å²) in [5, 5.41) is 0. The van der Waals surface area contributed by atoms with E-state index in [-0.39, 0.29) is 27.5 Å². The molecule has 0 saturated heterocycles. The maximum absolute atomic E-state index is 12.9. The molecule has 2 aromatic carbocycles. The van der Waals surface area contributed by atoms with Crippen molar-refractivity contribution >= 4 is 22.4 Å². The quantitative estimate of drug-likeness (QED) is 0.854. The average molecular weight is 342 g/mol. The first-order valence-electron chi connectivity index (χ1n) is 7.11. The number of allylic oxidation sites excluding steroid dienone is 2. The number of Topliss-reactive ketones (excluding diaryl/α,β-unsaturated/α-hetero) is 2. The molecule has 0 radical (unpaired) electrons. The normalized spacial score (nSPS) is 15.1. The van der Waals surface area contributed by atoms with E-state index in [1.807, 2.05) is 6.07 Å². The van der Waals surface area contributed by atoms with E-state index in [2.05, 4.69) is 0 Å². The third-order valence-electron chi connectivity index (χ3n) is 3.68. The standard InChI is InChI=1S/C18H14O5S/c1-22-17-15(19)12-9-6-10-13(14(12)16(20)18(17)23-2)24(21)11-7-4-3-5-8-11/h3-10H,1-2H3. The molecule has 1 atom stereocenters. The van der Waals surface area contributed by atoms with Crippen LogP contribution in [-0.4, -0.2) is 30.0 Å². The van der Waals surface area contributed by atoms with Crippen LogP contribution in [0.2, 0.25) is 0 Å². The van der Waals surface area contributed by atoms with Crippen LogP contribution in [0, 0.1) is 0 Å². The second-order valence-electron chi connectivity index (χ2n) is 4.99. The highest BCUT2D eigenvalue weighted by molar-refractivity contribution is 7.85. The molecule has 0 bridgehead atoms. The molecule has 0 saturated carbocycles. The van der Waals surface area contributed by atoms with Crippen molar-refractivity contribution in [1.82, 2.24) is 0 Å². The van der Waals surface area contributed by atoms with Gasteiger partial charge in [-0.05, 0) is 18.2 Å². The van der Waals surface area contributed by atoms with Crippen molar-refractivity contribution in [3.63, 3.8) is 0 Å². The maximum atomic E-state index is 12.9. The molecular formula is C18H14O5S. The lowest BCUT2D eigenvalue weighted by Crippen LogP contribution is -2.25. The van der Waals surface area contributed by atoms with Crippen LogP contribution in [0.5, 0.6) is 0 Å². The Labute approximate surface area is 141 Å². The minimum atomic E-state index is -1.59. The molecule has 1 unspecified atom stereocenters. The Hall–Kier alpha value is -2.73. The Morgan fingerprint density at radius 2 is 1.42 bits per heavy atom. The van der Waals surface area contributed by atoms with Gasteiger partial charge in [-0.15, -0.1) is 0 Å². The molecule has 0 aliphatic heterocycles. The maximum Gasteiger partial charge on any atom is 0.233 e. The Morgan fingerprint density at radius 1 is 0.792 bits per heavy atom. The highest BCUT2D eigenvalue weighted by Crippen LogP contribution is 2.32. The fourth-order valence-corrected chi connectivity index (χ4v) is 3.84. The first-order valence-corrected chi connectivity index (χ1v) is 8.26. The zero-order chi connectivity index (χ0) is 17.3. The Balaban J connectivity index is 2.21. The smallest absolute Gasteiger partial charge is 0.233 e. The first-order chi connectivity index (χ1) is 11.6. The topological polar surface area (TPSA) is 69.7 Å². The molecule has 0 heterocycles.